The van der Waals surface area contributed by atoms with Crippen molar-refractivity contribution in [3.05, 3.63) is 71.2 Å². The van der Waals surface area contributed by atoms with Crippen LogP contribution in [0.3, 0.4) is 0 Å². The van der Waals surface area contributed by atoms with E-state index in [-0.39, 0.29) is 11.7 Å². The van der Waals surface area contributed by atoms with E-state index in [0.717, 1.165) is 72.4 Å². The first kappa shape index (κ1) is 22.8. The smallest absolute Gasteiger partial charge is 0.253 e. The molecule has 3 aromatic rings. The summed E-state index contributed by atoms with van der Waals surface area (Å²) < 4.78 is 13.4. The molecule has 1 aliphatic rings. The Morgan fingerprint density at radius 3 is 2.64 bits per heavy atom. The SMILES string of the molecule is CCNC(=NCc1ccc(C(=O)N2CCCCC2)cc1)NCCc1c[nH]c2cc(F)ccc12. The van der Waals surface area contributed by atoms with Crippen LogP contribution in [0.25, 0.3) is 10.9 Å². The van der Waals surface area contributed by atoms with Crippen LogP contribution in [-0.4, -0.2) is 47.9 Å². The molecular weight excluding hydrogens is 417 g/mol. The largest absolute Gasteiger partial charge is 0.361 e. The predicted molar refractivity (Wildman–Crippen MR) is 131 cm³/mol. The summed E-state index contributed by atoms with van der Waals surface area (Å²) in [5.41, 5.74) is 3.75. The summed E-state index contributed by atoms with van der Waals surface area (Å²) in [6.07, 6.45) is 6.13. The molecule has 7 heteroatoms. The van der Waals surface area contributed by atoms with E-state index >= 15 is 0 Å². The molecule has 2 heterocycles. The lowest BCUT2D eigenvalue weighted by Gasteiger charge is -2.26. The standard InChI is InChI=1S/C26H32FN5O/c1-2-28-26(29-13-12-21-18-30-24-16-22(27)10-11-23(21)24)31-17-19-6-8-20(9-7-19)25(33)32-14-4-3-5-15-32/h6-11,16,18,30H,2-5,12-15,17H2,1H3,(H2,28,29,31). The Kier molecular flexibility index (Phi) is 7.60. The average molecular weight is 450 g/mol. The number of guanidine groups is 1. The fourth-order valence-electron chi connectivity index (χ4n) is 4.23. The van der Waals surface area contributed by atoms with E-state index in [9.17, 15) is 9.18 Å². The minimum atomic E-state index is -0.237. The van der Waals surface area contributed by atoms with Gasteiger partial charge in [-0.3, -0.25) is 4.79 Å². The summed E-state index contributed by atoms with van der Waals surface area (Å²) in [7, 11) is 0. The van der Waals surface area contributed by atoms with Gasteiger partial charge in [0.05, 0.1) is 6.54 Å². The van der Waals surface area contributed by atoms with Gasteiger partial charge in [-0.2, -0.15) is 0 Å². The van der Waals surface area contributed by atoms with Crippen LogP contribution in [0.5, 0.6) is 0 Å². The molecule has 1 saturated heterocycles. The molecular formula is C26H32FN5O. The third-order valence-electron chi connectivity index (χ3n) is 6.02. The lowest BCUT2D eigenvalue weighted by Crippen LogP contribution is -2.38. The monoisotopic (exact) mass is 449 g/mol. The first-order chi connectivity index (χ1) is 16.1. The summed E-state index contributed by atoms with van der Waals surface area (Å²) in [5, 5.41) is 7.68. The second-order valence-electron chi connectivity index (χ2n) is 8.43. The third-order valence-corrected chi connectivity index (χ3v) is 6.02. The van der Waals surface area contributed by atoms with Gasteiger partial charge in [-0.1, -0.05) is 12.1 Å². The van der Waals surface area contributed by atoms with Crippen molar-refractivity contribution in [3.8, 4) is 0 Å². The van der Waals surface area contributed by atoms with Crippen molar-refractivity contribution < 1.29 is 9.18 Å². The van der Waals surface area contributed by atoms with Crippen molar-refractivity contribution in [1.29, 1.82) is 0 Å². The molecule has 0 spiro atoms. The molecule has 0 aliphatic carbocycles. The van der Waals surface area contributed by atoms with Crippen LogP contribution in [0.1, 0.15) is 47.7 Å². The molecule has 1 aromatic heterocycles. The Balaban J connectivity index is 1.32. The van der Waals surface area contributed by atoms with Gasteiger partial charge in [0.1, 0.15) is 5.82 Å². The van der Waals surface area contributed by atoms with Crippen LogP contribution in [0.2, 0.25) is 0 Å². The number of nitrogens with one attached hydrogen (secondary N) is 3. The highest BCUT2D eigenvalue weighted by Gasteiger charge is 2.17. The van der Waals surface area contributed by atoms with Gasteiger partial charge in [0.25, 0.3) is 5.91 Å². The number of amides is 1. The number of fused-ring (bicyclic) bond motifs is 1. The molecule has 0 radical (unpaired) electrons. The van der Waals surface area contributed by atoms with Gasteiger partial charge >= 0.3 is 0 Å². The molecule has 1 fully saturated rings. The number of carbonyl (C=O) groups excluding carboxylic acids is 1. The van der Waals surface area contributed by atoms with E-state index in [2.05, 4.69) is 20.6 Å². The van der Waals surface area contributed by atoms with Crippen molar-refractivity contribution in [2.24, 2.45) is 4.99 Å². The normalized spacial score (nSPS) is 14.5. The molecule has 1 amide bonds. The third kappa shape index (κ3) is 5.92. The Morgan fingerprint density at radius 2 is 1.88 bits per heavy atom. The lowest BCUT2D eigenvalue weighted by atomic mass is 10.1. The summed E-state index contributed by atoms with van der Waals surface area (Å²) >= 11 is 0. The van der Waals surface area contributed by atoms with Crippen molar-refractivity contribution in [2.45, 2.75) is 39.2 Å². The number of hydrogen-bond acceptors (Lipinski definition) is 2. The van der Waals surface area contributed by atoms with Crippen LogP contribution in [0.4, 0.5) is 4.39 Å². The number of aliphatic imine (C=N–C) groups is 1. The van der Waals surface area contributed by atoms with E-state index < -0.39 is 0 Å². The van der Waals surface area contributed by atoms with E-state index in [1.165, 1.54) is 18.6 Å². The zero-order valence-electron chi connectivity index (χ0n) is 19.2. The zero-order valence-corrected chi connectivity index (χ0v) is 19.2. The molecule has 0 saturated carbocycles. The number of nitrogens with zero attached hydrogens (tertiary/aromatic N) is 2. The molecule has 1 aliphatic heterocycles. The van der Waals surface area contributed by atoms with Crippen LogP contribution in [-0.2, 0) is 13.0 Å². The van der Waals surface area contributed by atoms with Crippen LogP contribution < -0.4 is 10.6 Å². The molecule has 0 atom stereocenters. The van der Waals surface area contributed by atoms with Crippen LogP contribution in [0, 0.1) is 5.82 Å². The molecule has 2 aromatic carbocycles. The van der Waals surface area contributed by atoms with E-state index in [1.807, 2.05) is 48.4 Å². The summed E-state index contributed by atoms with van der Waals surface area (Å²) in [5.74, 6) is 0.635. The fourth-order valence-corrected chi connectivity index (χ4v) is 4.23. The number of carbonyl (C=O) groups is 1. The van der Waals surface area contributed by atoms with Gasteiger partial charge in [0.2, 0.25) is 0 Å². The van der Waals surface area contributed by atoms with Crippen molar-refractivity contribution >= 4 is 22.8 Å². The Morgan fingerprint density at radius 1 is 1.09 bits per heavy atom. The molecule has 3 N–H and O–H groups in total. The van der Waals surface area contributed by atoms with E-state index in [1.54, 1.807) is 0 Å². The number of aromatic nitrogens is 1. The second-order valence-corrected chi connectivity index (χ2v) is 8.43. The number of piperidine rings is 1. The number of halogens is 1. The topological polar surface area (TPSA) is 72.5 Å². The maximum absolute atomic E-state index is 13.4. The molecule has 4 rings (SSSR count). The van der Waals surface area contributed by atoms with Crippen LogP contribution >= 0.6 is 0 Å². The van der Waals surface area contributed by atoms with Crippen molar-refractivity contribution in [1.82, 2.24) is 20.5 Å². The van der Waals surface area contributed by atoms with E-state index in [4.69, 9.17) is 0 Å². The lowest BCUT2D eigenvalue weighted by molar-refractivity contribution is 0.0724. The molecule has 174 valence electrons. The Hall–Kier alpha value is -3.35. The summed E-state index contributed by atoms with van der Waals surface area (Å²) in [4.78, 5) is 22.4. The Labute approximate surface area is 194 Å². The minimum Gasteiger partial charge on any atom is -0.361 e. The number of hydrogen-bond donors (Lipinski definition) is 3. The van der Waals surface area contributed by atoms with Gasteiger partial charge in [0, 0.05) is 48.8 Å². The maximum atomic E-state index is 13.4. The highest BCUT2D eigenvalue weighted by Crippen LogP contribution is 2.19. The van der Waals surface area contributed by atoms with Crippen molar-refractivity contribution in [2.75, 3.05) is 26.2 Å². The second kappa shape index (κ2) is 11.0. The highest BCUT2D eigenvalue weighted by molar-refractivity contribution is 5.94. The van der Waals surface area contributed by atoms with Gasteiger partial charge in [-0.15, -0.1) is 0 Å². The number of likely N-dealkylation sites (tertiary alicyclic amines) is 1. The predicted octanol–water partition coefficient (Wildman–Crippen LogP) is 4.23. The number of aromatic amines is 1. The average Bonchev–Trinajstić information content (AvgIpc) is 3.25. The van der Waals surface area contributed by atoms with Gasteiger partial charge in [0.15, 0.2) is 5.96 Å². The first-order valence-corrected chi connectivity index (χ1v) is 11.8. The number of H-pyrrole nitrogens is 1. The summed E-state index contributed by atoms with van der Waals surface area (Å²) in [6.45, 7) is 5.75. The van der Waals surface area contributed by atoms with Gasteiger partial charge in [-0.05, 0) is 74.1 Å². The fraction of sp³-hybridized carbons (Fsp3) is 0.385. The van der Waals surface area contributed by atoms with Gasteiger partial charge in [-0.25, -0.2) is 9.38 Å². The quantitative estimate of drug-likeness (QED) is 0.373. The molecule has 6 nitrogen and oxygen atoms in total. The summed E-state index contributed by atoms with van der Waals surface area (Å²) in [6, 6.07) is 12.6. The molecule has 0 unspecified atom stereocenters. The van der Waals surface area contributed by atoms with Gasteiger partial charge < -0.3 is 20.5 Å². The highest BCUT2D eigenvalue weighted by atomic mass is 19.1. The van der Waals surface area contributed by atoms with Crippen LogP contribution in [0.15, 0.2) is 53.7 Å². The molecule has 0 bridgehead atoms. The van der Waals surface area contributed by atoms with E-state index in [0.29, 0.717) is 13.1 Å². The van der Waals surface area contributed by atoms with Crippen molar-refractivity contribution in [3.63, 3.8) is 0 Å². The molecule has 33 heavy (non-hydrogen) atoms. The zero-order chi connectivity index (χ0) is 23.0. The number of benzene rings is 2. The Bertz CT molecular complexity index is 1100. The minimum absolute atomic E-state index is 0.125. The maximum Gasteiger partial charge on any atom is 0.253 e. The number of rotatable bonds is 7. The first-order valence-electron chi connectivity index (χ1n) is 11.8.